The van der Waals surface area contributed by atoms with Crippen LogP contribution in [0.4, 0.5) is 5.69 Å². The number of rotatable bonds is 3. The van der Waals surface area contributed by atoms with E-state index in [0.717, 1.165) is 29.6 Å². The number of imidazole rings is 1. The Hall–Kier alpha value is -3.06. The van der Waals surface area contributed by atoms with E-state index in [1.165, 1.54) is 11.3 Å². The van der Waals surface area contributed by atoms with Gasteiger partial charge in [-0.05, 0) is 74.6 Å². The third kappa shape index (κ3) is 3.07. The number of nitrogens with one attached hydrogen (secondary N) is 1. The first-order chi connectivity index (χ1) is 13.4. The molecule has 0 radical (unpaired) electrons. The number of anilines is 1. The highest BCUT2D eigenvalue weighted by Crippen LogP contribution is 2.43. The van der Waals surface area contributed by atoms with Crippen LogP contribution < -0.4 is 4.90 Å². The number of fused-ring (bicyclic) bond motifs is 2. The number of hydrogen-bond donors (Lipinski definition) is 1. The molecule has 142 valence electrons. The number of hydrogen-bond acceptors (Lipinski definition) is 3. The summed E-state index contributed by atoms with van der Waals surface area (Å²) in [7, 11) is 0. The fraction of sp³-hybridized carbons (Fsp3) is 0.333. The summed E-state index contributed by atoms with van der Waals surface area (Å²) in [5.41, 5.74) is 6.23. The second kappa shape index (κ2) is 6.83. The first kappa shape index (κ1) is 18.3. The van der Waals surface area contributed by atoms with Crippen LogP contribution in [0.1, 0.15) is 57.0 Å². The van der Waals surface area contributed by atoms with E-state index in [9.17, 15) is 5.26 Å². The van der Waals surface area contributed by atoms with Crippen molar-refractivity contribution in [3.63, 3.8) is 0 Å². The molecule has 4 nitrogen and oxygen atoms in total. The van der Waals surface area contributed by atoms with Crippen molar-refractivity contribution >= 4 is 28.4 Å². The van der Waals surface area contributed by atoms with Gasteiger partial charge in [-0.2, -0.15) is 5.26 Å². The topological polar surface area (TPSA) is 55.7 Å². The van der Waals surface area contributed by atoms with Gasteiger partial charge in [0.2, 0.25) is 0 Å². The number of H-pyrrole nitrogens is 1. The molecule has 1 atom stereocenters. The Morgan fingerprint density at radius 3 is 2.82 bits per heavy atom. The minimum absolute atomic E-state index is 0.157. The van der Waals surface area contributed by atoms with E-state index in [1.807, 2.05) is 30.3 Å². The molecule has 4 heteroatoms. The molecule has 0 saturated carbocycles. The first-order valence-corrected chi connectivity index (χ1v) is 9.91. The lowest BCUT2D eigenvalue weighted by molar-refractivity contribution is 0.381. The van der Waals surface area contributed by atoms with Crippen LogP contribution in [-0.2, 0) is 0 Å². The van der Waals surface area contributed by atoms with Crippen LogP contribution in [0.3, 0.4) is 0 Å². The Morgan fingerprint density at radius 1 is 1.32 bits per heavy atom. The predicted octanol–water partition coefficient (Wildman–Crippen LogP) is 5.74. The Morgan fingerprint density at radius 2 is 2.11 bits per heavy atom. The number of allylic oxidation sites excluding steroid dienone is 1. The van der Waals surface area contributed by atoms with Crippen LogP contribution in [0.25, 0.3) is 22.7 Å². The molecule has 28 heavy (non-hydrogen) atoms. The van der Waals surface area contributed by atoms with E-state index in [2.05, 4.69) is 66.8 Å². The first-order valence-electron chi connectivity index (χ1n) is 9.91. The van der Waals surface area contributed by atoms with Gasteiger partial charge in [0.05, 0.1) is 16.6 Å². The summed E-state index contributed by atoms with van der Waals surface area (Å²) in [5.74, 6) is 1.10. The molecular weight excluding hydrogens is 344 g/mol. The van der Waals surface area contributed by atoms with Gasteiger partial charge in [-0.1, -0.05) is 25.1 Å². The van der Waals surface area contributed by atoms with Crippen molar-refractivity contribution in [2.45, 2.75) is 45.6 Å². The number of benzene rings is 2. The molecule has 2 heterocycles. The fourth-order valence-corrected chi connectivity index (χ4v) is 4.60. The van der Waals surface area contributed by atoms with Crippen molar-refractivity contribution in [2.24, 2.45) is 0 Å². The van der Waals surface area contributed by atoms with Gasteiger partial charge in [-0.15, -0.1) is 0 Å². The zero-order valence-corrected chi connectivity index (χ0v) is 17.0. The van der Waals surface area contributed by atoms with Crippen LogP contribution >= 0.6 is 0 Å². The van der Waals surface area contributed by atoms with Crippen molar-refractivity contribution < 1.29 is 0 Å². The number of nitrogens with zero attached hydrogens (tertiary/aromatic N) is 3. The normalized spacial score (nSPS) is 18.8. The van der Waals surface area contributed by atoms with Crippen molar-refractivity contribution in [1.29, 1.82) is 5.26 Å². The molecule has 0 amide bonds. The summed E-state index contributed by atoms with van der Waals surface area (Å²) >= 11 is 0. The molecule has 0 saturated heterocycles. The quantitative estimate of drug-likeness (QED) is 0.598. The molecule has 0 spiro atoms. The third-order valence-electron chi connectivity index (χ3n) is 5.80. The average Bonchev–Trinajstić information content (AvgIpc) is 3.10. The highest BCUT2D eigenvalue weighted by atomic mass is 15.2. The minimum atomic E-state index is 0.157. The lowest BCUT2D eigenvalue weighted by Gasteiger charge is -2.47. The van der Waals surface area contributed by atoms with Gasteiger partial charge in [-0.3, -0.25) is 0 Å². The molecule has 0 unspecified atom stereocenters. The molecule has 2 aromatic carbocycles. The molecule has 1 aliphatic heterocycles. The van der Waals surface area contributed by atoms with Crippen LogP contribution in [0.15, 0.2) is 42.5 Å². The molecule has 1 aromatic heterocycles. The zero-order chi connectivity index (χ0) is 19.9. The molecule has 1 aliphatic rings. The summed E-state index contributed by atoms with van der Waals surface area (Å²) in [6.45, 7) is 10.1. The summed E-state index contributed by atoms with van der Waals surface area (Å²) in [6.07, 6.45) is 3.05. The predicted molar refractivity (Wildman–Crippen MR) is 116 cm³/mol. The van der Waals surface area contributed by atoms with Crippen LogP contribution in [0, 0.1) is 11.3 Å². The minimum Gasteiger partial charge on any atom is -0.366 e. The van der Waals surface area contributed by atoms with E-state index in [-0.39, 0.29) is 5.54 Å². The Balaban J connectivity index is 1.75. The van der Waals surface area contributed by atoms with Crippen molar-refractivity contribution in [3.8, 4) is 6.07 Å². The number of nitriles is 1. The van der Waals surface area contributed by atoms with E-state index in [4.69, 9.17) is 0 Å². The van der Waals surface area contributed by atoms with E-state index in [1.54, 1.807) is 0 Å². The maximum atomic E-state index is 9.72. The maximum absolute atomic E-state index is 9.72. The SMILES string of the molecule is CCN1c2ccc(/C=C(/C#N)c3nc4ccccc4[nH]3)cc2[C@H](C)CC1(C)C. The lowest BCUT2D eigenvalue weighted by atomic mass is 9.79. The van der Waals surface area contributed by atoms with E-state index >= 15 is 0 Å². The summed E-state index contributed by atoms with van der Waals surface area (Å²) in [6, 6.07) is 16.7. The van der Waals surface area contributed by atoms with Crippen molar-refractivity contribution in [2.75, 3.05) is 11.4 Å². The fourth-order valence-electron chi connectivity index (χ4n) is 4.60. The number of aromatic amines is 1. The molecule has 3 aromatic rings. The highest BCUT2D eigenvalue weighted by Gasteiger charge is 2.35. The van der Waals surface area contributed by atoms with Gasteiger partial charge in [0.25, 0.3) is 0 Å². The molecular formula is C24H26N4. The second-order valence-electron chi connectivity index (χ2n) is 8.25. The monoisotopic (exact) mass is 370 g/mol. The molecule has 0 aliphatic carbocycles. The van der Waals surface area contributed by atoms with Gasteiger partial charge in [0.15, 0.2) is 0 Å². The largest absolute Gasteiger partial charge is 0.366 e. The highest BCUT2D eigenvalue weighted by molar-refractivity contribution is 5.90. The molecule has 1 N–H and O–H groups in total. The summed E-state index contributed by atoms with van der Waals surface area (Å²) < 4.78 is 0. The zero-order valence-electron chi connectivity index (χ0n) is 17.0. The molecule has 4 rings (SSSR count). The Labute approximate surface area is 166 Å². The van der Waals surface area contributed by atoms with Gasteiger partial charge >= 0.3 is 0 Å². The molecule has 0 fully saturated rings. The average molecular weight is 371 g/mol. The van der Waals surface area contributed by atoms with E-state index in [0.29, 0.717) is 17.3 Å². The maximum Gasteiger partial charge on any atom is 0.149 e. The van der Waals surface area contributed by atoms with Gasteiger partial charge in [0, 0.05) is 17.8 Å². The third-order valence-corrected chi connectivity index (χ3v) is 5.80. The lowest BCUT2D eigenvalue weighted by Crippen LogP contribution is -2.48. The standard InChI is InChI=1S/C24H26N4/c1-5-28-22-11-10-17(13-19(22)16(2)14-24(28,3)4)12-18(15-25)23-26-20-8-6-7-9-21(20)27-23/h6-13,16H,5,14H2,1-4H3,(H,26,27)/b18-12-/t16-/m1/s1. The number of aromatic nitrogens is 2. The van der Waals surface area contributed by atoms with E-state index < -0.39 is 0 Å². The Bertz CT molecular complexity index is 1060. The van der Waals surface area contributed by atoms with Crippen LogP contribution in [0.5, 0.6) is 0 Å². The second-order valence-corrected chi connectivity index (χ2v) is 8.25. The smallest absolute Gasteiger partial charge is 0.149 e. The summed E-state index contributed by atoms with van der Waals surface area (Å²) in [4.78, 5) is 10.3. The molecule has 0 bridgehead atoms. The van der Waals surface area contributed by atoms with Crippen LogP contribution in [0.2, 0.25) is 0 Å². The van der Waals surface area contributed by atoms with Gasteiger partial charge < -0.3 is 9.88 Å². The van der Waals surface area contributed by atoms with Crippen LogP contribution in [-0.4, -0.2) is 22.1 Å². The number of para-hydroxylation sites is 2. The van der Waals surface area contributed by atoms with Crippen molar-refractivity contribution in [1.82, 2.24) is 9.97 Å². The van der Waals surface area contributed by atoms with Gasteiger partial charge in [0.1, 0.15) is 11.9 Å². The van der Waals surface area contributed by atoms with Crippen molar-refractivity contribution in [3.05, 3.63) is 59.4 Å². The summed E-state index contributed by atoms with van der Waals surface area (Å²) in [5, 5.41) is 9.72. The Kier molecular flexibility index (Phi) is 4.47. The van der Waals surface area contributed by atoms with Gasteiger partial charge in [-0.25, -0.2) is 4.98 Å².